The van der Waals surface area contributed by atoms with Crippen molar-refractivity contribution in [3.05, 3.63) is 157 Å². The van der Waals surface area contributed by atoms with E-state index in [0.29, 0.717) is 23.0 Å². The second kappa shape index (κ2) is 20.7. The van der Waals surface area contributed by atoms with Gasteiger partial charge in [0.25, 0.3) is 0 Å². The molecule has 0 heterocycles. The van der Waals surface area contributed by atoms with E-state index in [9.17, 15) is 20.4 Å². The SMILES string of the molecule is CC(C)(c1ccc(OCC(O)COc2ccc(SSc3ccc(O)cc3)cc2)cc1)c1ccc(OCC(O)COc2ccc(SSc3ccc(O)cc3)cc2)cc1. The van der Waals surface area contributed by atoms with E-state index in [-0.39, 0.29) is 43.3 Å². The van der Waals surface area contributed by atoms with Crippen LogP contribution in [0.4, 0.5) is 0 Å². The highest BCUT2D eigenvalue weighted by Crippen LogP contribution is 2.39. The average Bonchev–Trinajstić information content (AvgIpc) is 3.24. The normalized spacial score (nSPS) is 12.4. The zero-order chi connectivity index (χ0) is 40.0. The van der Waals surface area contributed by atoms with Crippen LogP contribution < -0.4 is 18.9 Å². The van der Waals surface area contributed by atoms with Crippen LogP contribution in [0.3, 0.4) is 0 Å². The van der Waals surface area contributed by atoms with Gasteiger partial charge in [0.2, 0.25) is 0 Å². The summed E-state index contributed by atoms with van der Waals surface area (Å²) >= 11 is 0. The number of phenols is 2. The fourth-order valence-corrected chi connectivity index (χ4v) is 9.21. The van der Waals surface area contributed by atoms with Crippen LogP contribution in [-0.2, 0) is 5.41 Å². The number of hydrogen-bond acceptors (Lipinski definition) is 12. The molecule has 6 aromatic carbocycles. The van der Waals surface area contributed by atoms with E-state index >= 15 is 0 Å². The summed E-state index contributed by atoms with van der Waals surface area (Å²) in [5.74, 6) is 3.14. The van der Waals surface area contributed by atoms with Gasteiger partial charge in [-0.15, -0.1) is 0 Å². The van der Waals surface area contributed by atoms with Crippen molar-refractivity contribution in [1.82, 2.24) is 0 Å². The number of ether oxygens (including phenoxy) is 4. The highest BCUT2D eigenvalue weighted by molar-refractivity contribution is 8.77. The molecule has 0 aliphatic heterocycles. The molecule has 0 saturated carbocycles. The monoisotopic (exact) mass is 840 g/mol. The number of rotatable bonds is 20. The minimum Gasteiger partial charge on any atom is -0.508 e. The van der Waals surface area contributed by atoms with Crippen molar-refractivity contribution >= 4 is 43.2 Å². The van der Waals surface area contributed by atoms with Gasteiger partial charge in [0.1, 0.15) is 73.1 Å². The Morgan fingerprint density at radius 1 is 0.386 bits per heavy atom. The van der Waals surface area contributed by atoms with Crippen LogP contribution >= 0.6 is 43.2 Å². The minimum atomic E-state index is -0.805. The third kappa shape index (κ3) is 13.2. The van der Waals surface area contributed by atoms with Gasteiger partial charge in [-0.3, -0.25) is 0 Å². The van der Waals surface area contributed by atoms with Crippen LogP contribution in [-0.4, -0.2) is 59.1 Å². The lowest BCUT2D eigenvalue weighted by Gasteiger charge is -2.26. The molecule has 2 atom stereocenters. The summed E-state index contributed by atoms with van der Waals surface area (Å²) in [4.78, 5) is 4.22. The molecule has 0 amide bonds. The lowest BCUT2D eigenvalue weighted by Crippen LogP contribution is -2.25. The molecule has 0 aliphatic carbocycles. The summed E-state index contributed by atoms with van der Waals surface area (Å²) in [7, 11) is 6.44. The van der Waals surface area contributed by atoms with Gasteiger partial charge < -0.3 is 39.4 Å². The Hall–Kier alpha value is -4.56. The maximum Gasteiger partial charge on any atom is 0.122 e. The standard InChI is InChI=1S/C45H44O8S4/c1-45(2,31-3-11-37(12-4-31)50-27-35(48)29-52-39-15-23-43(24-16-39)56-54-41-19-7-33(46)8-20-41)32-5-13-38(14-6-32)51-28-36(49)30-53-40-17-25-44(26-18-40)57-55-42-21-9-34(47)10-22-42/h3-26,35-36,46-49H,27-30H2,1-2H3. The van der Waals surface area contributed by atoms with Gasteiger partial charge in [-0.05, 0) is 132 Å². The second-order valence-corrected chi connectivity index (χ2v) is 18.0. The Morgan fingerprint density at radius 2 is 0.614 bits per heavy atom. The average molecular weight is 841 g/mol. The molecule has 0 aliphatic rings. The smallest absolute Gasteiger partial charge is 0.122 e. The van der Waals surface area contributed by atoms with Crippen molar-refractivity contribution in [2.75, 3.05) is 26.4 Å². The van der Waals surface area contributed by atoms with E-state index in [2.05, 4.69) is 13.8 Å². The van der Waals surface area contributed by atoms with Crippen molar-refractivity contribution in [3.63, 3.8) is 0 Å². The van der Waals surface area contributed by atoms with E-state index in [1.54, 1.807) is 67.4 Å². The summed E-state index contributed by atoms with van der Waals surface area (Å²) in [6.07, 6.45) is -1.61. The Balaban J connectivity index is 0.878. The molecular weight excluding hydrogens is 797 g/mol. The molecule has 296 valence electrons. The third-order valence-corrected chi connectivity index (χ3v) is 13.5. The fraction of sp³-hybridized carbons (Fsp3) is 0.200. The molecular formula is C45H44O8S4. The highest BCUT2D eigenvalue weighted by atomic mass is 33.1. The molecule has 2 unspecified atom stereocenters. The van der Waals surface area contributed by atoms with E-state index in [1.165, 1.54) is 0 Å². The zero-order valence-electron chi connectivity index (χ0n) is 31.4. The maximum absolute atomic E-state index is 10.5. The van der Waals surface area contributed by atoms with Crippen LogP contribution in [0.2, 0.25) is 0 Å². The molecule has 0 aromatic heterocycles. The van der Waals surface area contributed by atoms with Crippen LogP contribution in [0.5, 0.6) is 34.5 Å². The lowest BCUT2D eigenvalue weighted by molar-refractivity contribution is 0.0626. The lowest BCUT2D eigenvalue weighted by atomic mass is 9.78. The largest absolute Gasteiger partial charge is 0.508 e. The Kier molecular flexibility index (Phi) is 15.3. The number of aromatic hydroxyl groups is 2. The first kappa shape index (κ1) is 42.1. The van der Waals surface area contributed by atoms with Crippen LogP contribution in [0.25, 0.3) is 0 Å². The molecule has 12 heteroatoms. The molecule has 0 radical (unpaired) electrons. The molecule has 0 bridgehead atoms. The summed E-state index contributed by atoms with van der Waals surface area (Å²) in [5, 5.41) is 39.9. The summed E-state index contributed by atoms with van der Waals surface area (Å²) < 4.78 is 23.3. The Morgan fingerprint density at radius 3 is 0.877 bits per heavy atom. The van der Waals surface area contributed by atoms with Crippen molar-refractivity contribution in [3.8, 4) is 34.5 Å². The molecule has 0 fully saturated rings. The molecule has 6 aromatic rings. The van der Waals surface area contributed by atoms with Gasteiger partial charge in [-0.1, -0.05) is 81.3 Å². The molecule has 57 heavy (non-hydrogen) atoms. The predicted molar refractivity (Wildman–Crippen MR) is 232 cm³/mol. The van der Waals surface area contributed by atoms with Crippen LogP contribution in [0, 0.1) is 0 Å². The van der Waals surface area contributed by atoms with E-state index in [0.717, 1.165) is 30.7 Å². The number of benzene rings is 6. The molecule has 4 N–H and O–H groups in total. The van der Waals surface area contributed by atoms with Gasteiger partial charge in [0.15, 0.2) is 0 Å². The number of aliphatic hydroxyl groups excluding tert-OH is 2. The third-order valence-electron chi connectivity index (χ3n) is 8.71. The van der Waals surface area contributed by atoms with Gasteiger partial charge in [0.05, 0.1) is 0 Å². The van der Waals surface area contributed by atoms with Crippen molar-refractivity contribution in [2.45, 2.75) is 51.1 Å². The van der Waals surface area contributed by atoms with Gasteiger partial charge >= 0.3 is 0 Å². The zero-order valence-corrected chi connectivity index (χ0v) is 34.7. The van der Waals surface area contributed by atoms with Gasteiger partial charge in [-0.2, -0.15) is 0 Å². The van der Waals surface area contributed by atoms with Gasteiger partial charge in [-0.25, -0.2) is 0 Å². The fourth-order valence-electron chi connectivity index (χ4n) is 5.35. The molecule has 0 saturated heterocycles. The first-order valence-corrected chi connectivity index (χ1v) is 22.4. The quantitative estimate of drug-likeness (QED) is 0.0548. The minimum absolute atomic E-state index is 0.0950. The van der Waals surface area contributed by atoms with E-state index in [4.69, 9.17) is 18.9 Å². The van der Waals surface area contributed by atoms with Crippen LogP contribution in [0.1, 0.15) is 25.0 Å². The maximum atomic E-state index is 10.5. The van der Waals surface area contributed by atoms with Crippen molar-refractivity contribution in [1.29, 1.82) is 0 Å². The predicted octanol–water partition coefficient (Wildman–Crippen LogP) is 10.7. The first-order chi connectivity index (χ1) is 27.6. The van der Waals surface area contributed by atoms with E-state index in [1.807, 2.05) is 121 Å². The number of aliphatic hydroxyl groups is 2. The number of phenolic OH excluding ortho intramolecular Hbond substituents is 2. The molecule has 8 nitrogen and oxygen atoms in total. The van der Waals surface area contributed by atoms with Gasteiger partial charge in [0, 0.05) is 25.0 Å². The number of hydrogen-bond donors (Lipinski definition) is 4. The van der Waals surface area contributed by atoms with Crippen LogP contribution in [0.15, 0.2) is 165 Å². The molecule has 6 rings (SSSR count). The second-order valence-electron chi connectivity index (χ2n) is 13.5. The van der Waals surface area contributed by atoms with E-state index < -0.39 is 12.2 Å². The first-order valence-electron chi connectivity index (χ1n) is 18.1. The highest BCUT2D eigenvalue weighted by Gasteiger charge is 2.23. The topological polar surface area (TPSA) is 118 Å². The van der Waals surface area contributed by atoms with Crippen molar-refractivity contribution in [2.24, 2.45) is 0 Å². The summed E-state index contributed by atoms with van der Waals surface area (Å²) in [6, 6.07) is 45.3. The Labute approximate surface area is 349 Å². The Bertz CT molecular complexity index is 1940. The van der Waals surface area contributed by atoms with Crippen molar-refractivity contribution < 1.29 is 39.4 Å². The summed E-state index contributed by atoms with van der Waals surface area (Å²) in [5.41, 5.74) is 1.91. The molecule has 0 spiro atoms. The summed E-state index contributed by atoms with van der Waals surface area (Å²) in [6.45, 7) is 4.70.